The Hall–Kier alpha value is -2.35. The molecule has 0 aliphatic heterocycles. The molecular weight excluding hydrogens is 532 g/mol. The molecule has 0 aliphatic carbocycles. The molecule has 0 atom stereocenters. The first-order valence-electron chi connectivity index (χ1n) is 9.44. The van der Waals surface area contributed by atoms with Crippen LogP contribution in [0.2, 0.25) is 25.1 Å². The Bertz CT molecular complexity index is 1280. The number of anilines is 1. The number of carbonyl (C=O) groups is 1. The number of nitrogens with zero attached hydrogens (tertiary/aromatic N) is 2. The molecule has 0 saturated heterocycles. The highest BCUT2D eigenvalue weighted by Crippen LogP contribution is 2.48. The Morgan fingerprint density at radius 2 is 1.61 bits per heavy atom. The van der Waals surface area contributed by atoms with E-state index in [1.807, 2.05) is 30.3 Å². The number of amides is 1. The normalized spacial score (nSPS) is 10.9. The molecule has 33 heavy (non-hydrogen) atoms. The molecular formula is C22H14Cl5N3O3. The Kier molecular flexibility index (Phi) is 7.41. The molecule has 4 rings (SSSR count). The Balaban J connectivity index is 1.39. The van der Waals surface area contributed by atoms with E-state index in [0.29, 0.717) is 18.0 Å². The van der Waals surface area contributed by atoms with Crippen molar-refractivity contribution in [3.8, 4) is 5.75 Å². The third kappa shape index (κ3) is 5.42. The monoisotopic (exact) mass is 543 g/mol. The second kappa shape index (κ2) is 10.3. The molecule has 0 fully saturated rings. The maximum absolute atomic E-state index is 12.5. The summed E-state index contributed by atoms with van der Waals surface area (Å²) in [6, 6.07) is 13.0. The van der Waals surface area contributed by atoms with Gasteiger partial charge in [0.05, 0.1) is 33.5 Å². The molecule has 0 bridgehead atoms. The first-order chi connectivity index (χ1) is 15.8. The van der Waals surface area contributed by atoms with E-state index in [0.717, 1.165) is 5.56 Å². The third-order valence-corrected chi connectivity index (χ3v) is 6.73. The molecule has 0 spiro atoms. The van der Waals surface area contributed by atoms with Crippen molar-refractivity contribution in [1.82, 2.24) is 9.78 Å². The molecule has 2 aromatic heterocycles. The van der Waals surface area contributed by atoms with Crippen molar-refractivity contribution in [3.63, 3.8) is 0 Å². The third-order valence-electron chi connectivity index (χ3n) is 4.49. The van der Waals surface area contributed by atoms with E-state index < -0.39 is 5.91 Å². The standard InChI is InChI=1S/C22H14Cl5N3O3/c23-16-17(24)19(26)21(20(27)18(16)25)32-11-14-6-7-15(33-14)22(31)29-13-8-28-30(10-13)9-12-4-2-1-3-5-12/h1-8,10H,9,11H2,(H,29,31). The Morgan fingerprint density at radius 1 is 0.939 bits per heavy atom. The lowest BCUT2D eigenvalue weighted by Crippen LogP contribution is -2.10. The van der Waals surface area contributed by atoms with Crippen LogP contribution in [0.5, 0.6) is 5.75 Å². The van der Waals surface area contributed by atoms with Crippen molar-refractivity contribution in [2.75, 3.05) is 5.32 Å². The number of hydrogen-bond acceptors (Lipinski definition) is 4. The van der Waals surface area contributed by atoms with Crippen LogP contribution in [-0.4, -0.2) is 15.7 Å². The zero-order valence-electron chi connectivity index (χ0n) is 16.6. The van der Waals surface area contributed by atoms with Gasteiger partial charge in [0.1, 0.15) is 22.4 Å². The highest BCUT2D eigenvalue weighted by Gasteiger charge is 2.21. The molecule has 2 heterocycles. The van der Waals surface area contributed by atoms with Crippen molar-refractivity contribution in [2.45, 2.75) is 13.2 Å². The van der Waals surface area contributed by atoms with Crippen LogP contribution in [0.4, 0.5) is 5.69 Å². The van der Waals surface area contributed by atoms with Crippen LogP contribution in [0.25, 0.3) is 0 Å². The predicted molar refractivity (Wildman–Crippen MR) is 130 cm³/mol. The van der Waals surface area contributed by atoms with E-state index in [1.54, 1.807) is 23.1 Å². The van der Waals surface area contributed by atoms with Gasteiger partial charge in [0.25, 0.3) is 5.91 Å². The molecule has 0 radical (unpaired) electrons. The van der Waals surface area contributed by atoms with Crippen LogP contribution >= 0.6 is 58.0 Å². The highest BCUT2D eigenvalue weighted by atomic mass is 35.5. The van der Waals surface area contributed by atoms with Crippen LogP contribution < -0.4 is 10.1 Å². The Labute approximate surface area is 213 Å². The van der Waals surface area contributed by atoms with Crippen molar-refractivity contribution in [3.05, 3.63) is 97.1 Å². The SMILES string of the molecule is O=C(Nc1cnn(Cc2ccccc2)c1)c1ccc(COc2c(Cl)c(Cl)c(Cl)c(Cl)c2Cl)o1. The number of furan rings is 1. The van der Waals surface area contributed by atoms with Gasteiger partial charge in [-0.2, -0.15) is 5.10 Å². The van der Waals surface area contributed by atoms with Crippen LogP contribution in [0, 0.1) is 0 Å². The number of nitrogens with one attached hydrogen (secondary N) is 1. The number of ether oxygens (including phenoxy) is 1. The summed E-state index contributed by atoms with van der Waals surface area (Å²) in [4.78, 5) is 12.5. The molecule has 0 aliphatic rings. The number of rotatable bonds is 7. The van der Waals surface area contributed by atoms with E-state index in [9.17, 15) is 4.79 Å². The molecule has 2 aromatic carbocycles. The summed E-state index contributed by atoms with van der Waals surface area (Å²) in [7, 11) is 0. The van der Waals surface area contributed by atoms with Crippen LogP contribution in [0.1, 0.15) is 21.9 Å². The summed E-state index contributed by atoms with van der Waals surface area (Å²) < 4.78 is 12.9. The molecule has 170 valence electrons. The van der Waals surface area contributed by atoms with Gasteiger partial charge in [-0.15, -0.1) is 0 Å². The number of carbonyl (C=O) groups excluding carboxylic acids is 1. The van der Waals surface area contributed by atoms with E-state index in [1.165, 1.54) is 6.07 Å². The topological polar surface area (TPSA) is 69.3 Å². The summed E-state index contributed by atoms with van der Waals surface area (Å²) in [5.74, 6) is 0.0724. The van der Waals surface area contributed by atoms with Crippen molar-refractivity contribution in [2.24, 2.45) is 0 Å². The minimum absolute atomic E-state index is 0.0214. The molecule has 1 amide bonds. The lowest BCUT2D eigenvalue weighted by atomic mass is 10.2. The summed E-state index contributed by atoms with van der Waals surface area (Å²) in [5.41, 5.74) is 1.63. The summed E-state index contributed by atoms with van der Waals surface area (Å²) in [5, 5.41) is 7.12. The van der Waals surface area contributed by atoms with Crippen molar-refractivity contribution >= 4 is 69.6 Å². The quantitative estimate of drug-likeness (QED) is 0.192. The van der Waals surface area contributed by atoms with Gasteiger partial charge in [-0.25, -0.2) is 0 Å². The van der Waals surface area contributed by atoms with E-state index in [-0.39, 0.29) is 43.2 Å². The second-order valence-corrected chi connectivity index (χ2v) is 8.71. The minimum Gasteiger partial charge on any atom is -0.482 e. The molecule has 0 unspecified atom stereocenters. The average Bonchev–Trinajstić information content (AvgIpc) is 3.47. The fourth-order valence-electron chi connectivity index (χ4n) is 2.91. The van der Waals surface area contributed by atoms with Gasteiger partial charge in [0.2, 0.25) is 0 Å². The number of halogens is 5. The number of hydrogen-bond donors (Lipinski definition) is 1. The van der Waals surface area contributed by atoms with Gasteiger partial charge in [-0.3, -0.25) is 9.48 Å². The van der Waals surface area contributed by atoms with Crippen molar-refractivity contribution in [1.29, 1.82) is 0 Å². The van der Waals surface area contributed by atoms with Crippen LogP contribution in [0.15, 0.2) is 59.3 Å². The van der Waals surface area contributed by atoms with Crippen LogP contribution in [0.3, 0.4) is 0 Å². The summed E-state index contributed by atoms with van der Waals surface area (Å²) >= 11 is 30.4. The summed E-state index contributed by atoms with van der Waals surface area (Å²) in [6.07, 6.45) is 3.29. The lowest BCUT2D eigenvalue weighted by Gasteiger charge is -2.12. The maximum atomic E-state index is 12.5. The van der Waals surface area contributed by atoms with E-state index >= 15 is 0 Å². The van der Waals surface area contributed by atoms with Gasteiger partial charge < -0.3 is 14.5 Å². The minimum atomic E-state index is -0.436. The smallest absolute Gasteiger partial charge is 0.291 e. The lowest BCUT2D eigenvalue weighted by molar-refractivity contribution is 0.0992. The summed E-state index contributed by atoms with van der Waals surface area (Å²) in [6.45, 7) is 0.513. The fourth-order valence-corrected chi connectivity index (χ4v) is 4.14. The Morgan fingerprint density at radius 3 is 2.30 bits per heavy atom. The van der Waals surface area contributed by atoms with E-state index in [2.05, 4.69) is 10.4 Å². The fraction of sp³-hybridized carbons (Fsp3) is 0.0909. The number of aromatic nitrogens is 2. The second-order valence-electron chi connectivity index (χ2n) is 6.82. The van der Waals surface area contributed by atoms with E-state index in [4.69, 9.17) is 67.2 Å². The molecule has 11 heteroatoms. The maximum Gasteiger partial charge on any atom is 0.291 e. The first kappa shape index (κ1) is 23.8. The molecule has 6 nitrogen and oxygen atoms in total. The van der Waals surface area contributed by atoms with Gasteiger partial charge in [-0.1, -0.05) is 88.3 Å². The molecule has 4 aromatic rings. The van der Waals surface area contributed by atoms with Crippen molar-refractivity contribution < 1.29 is 13.9 Å². The zero-order chi connectivity index (χ0) is 23.5. The van der Waals surface area contributed by atoms with Gasteiger partial charge in [0, 0.05) is 6.20 Å². The number of benzene rings is 2. The molecule has 0 saturated carbocycles. The van der Waals surface area contributed by atoms with Gasteiger partial charge >= 0.3 is 0 Å². The molecule has 1 N–H and O–H groups in total. The largest absolute Gasteiger partial charge is 0.482 e. The predicted octanol–water partition coefficient (Wildman–Crippen LogP) is 7.62. The van der Waals surface area contributed by atoms with Crippen LogP contribution in [-0.2, 0) is 13.2 Å². The van der Waals surface area contributed by atoms with Gasteiger partial charge in [-0.05, 0) is 17.7 Å². The zero-order valence-corrected chi connectivity index (χ0v) is 20.4. The highest BCUT2D eigenvalue weighted by molar-refractivity contribution is 6.55. The average molecular weight is 546 g/mol. The van der Waals surface area contributed by atoms with Gasteiger partial charge in [0.15, 0.2) is 11.5 Å². The first-order valence-corrected chi connectivity index (χ1v) is 11.3.